The Kier molecular flexibility index (Phi) is 4.41. The van der Waals surface area contributed by atoms with Crippen LogP contribution in [0.25, 0.3) is 16.7 Å². The molecule has 3 aromatic heterocycles. The van der Waals surface area contributed by atoms with Gasteiger partial charge in [-0.2, -0.15) is 5.10 Å². The van der Waals surface area contributed by atoms with Crippen LogP contribution in [0.15, 0.2) is 62.7 Å². The lowest BCUT2D eigenvalue weighted by Gasteiger charge is -2.07. The molecule has 3 N–H and O–H groups in total. The second-order valence-corrected chi connectivity index (χ2v) is 7.05. The maximum Gasteiger partial charge on any atom is 0.271 e. The molecule has 136 valence electrons. The van der Waals surface area contributed by atoms with Crippen molar-refractivity contribution in [3.63, 3.8) is 0 Å². The Hall–Kier alpha value is -3.13. The number of nitrogens with zero attached hydrogens (tertiary/aromatic N) is 2. The molecular formula is C19H16BrN5O2. The third-order valence-electron chi connectivity index (χ3n) is 4.29. The SMILES string of the molecule is Cc1nn(-c2ccccc2)c2[nH]c(=O)c(CNc3cc(Br)c[nH]c3=O)cc12. The number of hydrogen-bond donors (Lipinski definition) is 3. The zero-order chi connectivity index (χ0) is 19.0. The van der Waals surface area contributed by atoms with E-state index in [2.05, 4.69) is 36.3 Å². The third kappa shape index (κ3) is 3.31. The molecule has 3 heterocycles. The molecule has 8 heteroatoms. The molecule has 0 amide bonds. The number of aromatic nitrogens is 4. The molecule has 0 unspecified atom stereocenters. The Labute approximate surface area is 162 Å². The van der Waals surface area contributed by atoms with E-state index in [1.54, 1.807) is 16.9 Å². The summed E-state index contributed by atoms with van der Waals surface area (Å²) in [5, 5.41) is 8.42. The van der Waals surface area contributed by atoms with Crippen molar-refractivity contribution in [3.8, 4) is 5.69 Å². The molecule has 7 nitrogen and oxygen atoms in total. The zero-order valence-corrected chi connectivity index (χ0v) is 16.0. The van der Waals surface area contributed by atoms with E-state index in [-0.39, 0.29) is 17.7 Å². The van der Waals surface area contributed by atoms with Crippen molar-refractivity contribution >= 4 is 32.7 Å². The van der Waals surface area contributed by atoms with Gasteiger partial charge in [-0.15, -0.1) is 0 Å². The summed E-state index contributed by atoms with van der Waals surface area (Å²) in [5.74, 6) is 0. The Balaban J connectivity index is 1.72. The second-order valence-electron chi connectivity index (χ2n) is 6.13. The highest BCUT2D eigenvalue weighted by Gasteiger charge is 2.13. The summed E-state index contributed by atoms with van der Waals surface area (Å²) in [6.07, 6.45) is 1.56. The summed E-state index contributed by atoms with van der Waals surface area (Å²) in [6.45, 7) is 2.12. The fourth-order valence-corrected chi connectivity index (χ4v) is 3.27. The van der Waals surface area contributed by atoms with E-state index in [1.165, 1.54) is 0 Å². The molecule has 1 aromatic carbocycles. The highest BCUT2D eigenvalue weighted by atomic mass is 79.9. The van der Waals surface area contributed by atoms with Crippen LogP contribution >= 0.6 is 15.9 Å². The minimum atomic E-state index is -0.246. The van der Waals surface area contributed by atoms with E-state index in [4.69, 9.17) is 0 Å². The number of benzene rings is 1. The maximum atomic E-state index is 12.6. The van der Waals surface area contributed by atoms with Crippen molar-refractivity contribution in [1.82, 2.24) is 19.7 Å². The number of fused-ring (bicyclic) bond motifs is 1. The number of anilines is 1. The van der Waals surface area contributed by atoms with Gasteiger partial charge in [-0.05, 0) is 47.1 Å². The number of rotatable bonds is 4. The van der Waals surface area contributed by atoms with E-state index in [1.807, 2.05) is 43.3 Å². The highest BCUT2D eigenvalue weighted by Crippen LogP contribution is 2.20. The minimum Gasteiger partial charge on any atom is -0.376 e. The summed E-state index contributed by atoms with van der Waals surface area (Å²) < 4.78 is 2.47. The van der Waals surface area contributed by atoms with Crippen LogP contribution in [0.1, 0.15) is 11.3 Å². The van der Waals surface area contributed by atoms with Gasteiger partial charge in [-0.3, -0.25) is 9.59 Å². The van der Waals surface area contributed by atoms with Gasteiger partial charge in [-0.25, -0.2) is 4.68 Å². The highest BCUT2D eigenvalue weighted by molar-refractivity contribution is 9.10. The summed E-state index contributed by atoms with van der Waals surface area (Å²) >= 11 is 3.31. The van der Waals surface area contributed by atoms with Crippen molar-refractivity contribution in [2.45, 2.75) is 13.5 Å². The van der Waals surface area contributed by atoms with Gasteiger partial charge in [0.05, 0.1) is 11.4 Å². The molecule has 0 radical (unpaired) electrons. The lowest BCUT2D eigenvalue weighted by molar-refractivity contribution is 0.874. The van der Waals surface area contributed by atoms with E-state index >= 15 is 0 Å². The minimum absolute atomic E-state index is 0.223. The van der Waals surface area contributed by atoms with Crippen LogP contribution in [-0.4, -0.2) is 19.7 Å². The van der Waals surface area contributed by atoms with E-state index < -0.39 is 0 Å². The van der Waals surface area contributed by atoms with Gasteiger partial charge in [0.1, 0.15) is 11.3 Å². The van der Waals surface area contributed by atoms with Crippen LogP contribution in [0.4, 0.5) is 5.69 Å². The standard InChI is InChI=1S/C19H16BrN5O2/c1-11-15-7-12(9-21-16-8-13(20)10-22-19(16)27)18(26)23-17(15)25(24-11)14-5-3-2-4-6-14/h2-8,10,21H,9H2,1H3,(H,22,27)(H,23,26). The van der Waals surface area contributed by atoms with Crippen molar-refractivity contribution in [3.05, 3.63) is 85.1 Å². The molecule has 0 saturated heterocycles. The molecule has 27 heavy (non-hydrogen) atoms. The van der Waals surface area contributed by atoms with E-state index in [9.17, 15) is 9.59 Å². The lowest BCUT2D eigenvalue weighted by atomic mass is 10.2. The summed E-state index contributed by atoms with van der Waals surface area (Å²) in [6, 6.07) is 13.1. The monoisotopic (exact) mass is 425 g/mol. The summed E-state index contributed by atoms with van der Waals surface area (Å²) in [4.78, 5) is 30.0. The average molecular weight is 426 g/mol. The van der Waals surface area contributed by atoms with Gasteiger partial charge >= 0.3 is 0 Å². The van der Waals surface area contributed by atoms with Gasteiger partial charge in [0.15, 0.2) is 0 Å². The number of nitrogens with one attached hydrogen (secondary N) is 3. The number of H-pyrrole nitrogens is 2. The molecule has 0 spiro atoms. The summed E-state index contributed by atoms with van der Waals surface area (Å²) in [7, 11) is 0. The summed E-state index contributed by atoms with van der Waals surface area (Å²) in [5.41, 5.74) is 2.78. The van der Waals surface area contributed by atoms with Crippen LogP contribution < -0.4 is 16.4 Å². The maximum absolute atomic E-state index is 12.6. The topological polar surface area (TPSA) is 95.6 Å². The Morgan fingerprint density at radius 2 is 1.93 bits per heavy atom. The van der Waals surface area contributed by atoms with Gasteiger partial charge in [0.2, 0.25) is 0 Å². The van der Waals surface area contributed by atoms with Crippen molar-refractivity contribution in [2.75, 3.05) is 5.32 Å². The van der Waals surface area contributed by atoms with Gasteiger partial charge in [0, 0.05) is 28.2 Å². The van der Waals surface area contributed by atoms with Crippen molar-refractivity contribution in [2.24, 2.45) is 0 Å². The zero-order valence-electron chi connectivity index (χ0n) is 14.4. The van der Waals surface area contributed by atoms with Crippen LogP contribution in [0.2, 0.25) is 0 Å². The fourth-order valence-electron chi connectivity index (χ4n) is 2.93. The molecule has 0 atom stereocenters. The molecule has 0 saturated carbocycles. The van der Waals surface area contributed by atoms with E-state index in [0.717, 1.165) is 21.2 Å². The van der Waals surface area contributed by atoms with Crippen LogP contribution in [0.3, 0.4) is 0 Å². The van der Waals surface area contributed by atoms with Crippen LogP contribution in [0, 0.1) is 6.92 Å². The molecule has 4 rings (SSSR count). The number of aromatic amines is 2. The first kappa shape index (κ1) is 17.3. The van der Waals surface area contributed by atoms with E-state index in [0.29, 0.717) is 16.9 Å². The average Bonchev–Trinajstić information content (AvgIpc) is 2.98. The molecule has 0 aliphatic rings. The molecule has 0 aliphatic heterocycles. The fraction of sp³-hybridized carbons (Fsp3) is 0.105. The lowest BCUT2D eigenvalue weighted by Crippen LogP contribution is -2.19. The smallest absolute Gasteiger partial charge is 0.271 e. The van der Waals surface area contributed by atoms with Gasteiger partial charge in [-0.1, -0.05) is 18.2 Å². The van der Waals surface area contributed by atoms with Crippen molar-refractivity contribution < 1.29 is 0 Å². The predicted octanol–water partition coefficient (Wildman–Crippen LogP) is 3.09. The predicted molar refractivity (Wildman–Crippen MR) is 109 cm³/mol. The number of para-hydroxylation sites is 1. The number of aryl methyl sites for hydroxylation is 1. The first-order chi connectivity index (χ1) is 13.0. The number of pyridine rings is 2. The molecule has 0 aliphatic carbocycles. The Morgan fingerprint density at radius 3 is 2.70 bits per heavy atom. The largest absolute Gasteiger partial charge is 0.376 e. The van der Waals surface area contributed by atoms with Crippen molar-refractivity contribution in [1.29, 1.82) is 0 Å². The quantitative estimate of drug-likeness (QED) is 0.468. The molecule has 0 bridgehead atoms. The normalized spacial score (nSPS) is 11.0. The Bertz CT molecular complexity index is 1240. The first-order valence-electron chi connectivity index (χ1n) is 8.32. The number of hydrogen-bond acceptors (Lipinski definition) is 4. The van der Waals surface area contributed by atoms with Crippen LogP contribution in [-0.2, 0) is 6.54 Å². The first-order valence-corrected chi connectivity index (χ1v) is 9.11. The second kappa shape index (κ2) is 6.88. The number of halogens is 1. The van der Waals surface area contributed by atoms with Crippen LogP contribution in [0.5, 0.6) is 0 Å². The Morgan fingerprint density at radius 1 is 1.15 bits per heavy atom. The van der Waals surface area contributed by atoms with Gasteiger partial charge < -0.3 is 15.3 Å². The molecule has 4 aromatic rings. The van der Waals surface area contributed by atoms with Gasteiger partial charge in [0.25, 0.3) is 11.1 Å². The third-order valence-corrected chi connectivity index (χ3v) is 4.74. The molecular weight excluding hydrogens is 410 g/mol. The molecule has 0 fully saturated rings.